The van der Waals surface area contributed by atoms with Crippen LogP contribution in [0.4, 0.5) is 0 Å². The van der Waals surface area contributed by atoms with Crippen LogP contribution in [0.5, 0.6) is 0 Å². The van der Waals surface area contributed by atoms with Crippen LogP contribution in [0.15, 0.2) is 21.5 Å². The smallest absolute Gasteiger partial charge is 0.0689 e. The molecule has 1 N–H and O–H groups in total. The summed E-state index contributed by atoms with van der Waals surface area (Å²) in [6, 6.07) is 0. The van der Waals surface area contributed by atoms with Gasteiger partial charge in [0.1, 0.15) is 0 Å². The average Bonchev–Trinajstić information content (AvgIpc) is 2.56. The van der Waals surface area contributed by atoms with E-state index in [-0.39, 0.29) is 6.10 Å². The zero-order chi connectivity index (χ0) is 9.97. The summed E-state index contributed by atoms with van der Waals surface area (Å²) in [6.45, 7) is 1.78. The molecular weight excluding hydrogens is 262 g/mol. The van der Waals surface area contributed by atoms with Crippen molar-refractivity contribution in [2.24, 2.45) is 0 Å². The molecule has 2 nitrogen and oxygen atoms in total. The second-order valence-electron chi connectivity index (χ2n) is 3.63. The number of nitrogens with zero attached hydrogens (tertiary/aromatic N) is 1. The molecule has 0 spiro atoms. The number of aliphatic hydroxyl groups excluding tert-OH is 1. The molecule has 1 atom stereocenters. The molecule has 0 aromatic carbocycles. The molecule has 0 aromatic heterocycles. The van der Waals surface area contributed by atoms with Crippen LogP contribution in [0.1, 0.15) is 19.3 Å². The Balaban J connectivity index is 1.94. The van der Waals surface area contributed by atoms with Gasteiger partial charge in [-0.25, -0.2) is 4.31 Å². The van der Waals surface area contributed by atoms with Gasteiger partial charge >= 0.3 is 0 Å². The van der Waals surface area contributed by atoms with Crippen LogP contribution in [0.25, 0.3) is 0 Å². The zero-order valence-electron chi connectivity index (χ0n) is 7.95. The molecule has 4 heteroatoms. The number of β-amino-alcohol motifs (C(OH)–C–C–N with tert-alkyl or cyclic N) is 1. The van der Waals surface area contributed by atoms with E-state index in [1.807, 2.05) is 0 Å². The summed E-state index contributed by atoms with van der Waals surface area (Å²) in [4.78, 5) is 1.30. The highest BCUT2D eigenvalue weighted by atomic mass is 79.9. The fourth-order valence-electron chi connectivity index (χ4n) is 1.63. The normalized spacial score (nSPS) is 28.9. The summed E-state index contributed by atoms with van der Waals surface area (Å²) in [7, 11) is 0. The van der Waals surface area contributed by atoms with Gasteiger partial charge < -0.3 is 5.11 Å². The van der Waals surface area contributed by atoms with E-state index >= 15 is 0 Å². The first-order valence-electron chi connectivity index (χ1n) is 4.92. The minimum absolute atomic E-state index is 0.130. The van der Waals surface area contributed by atoms with Crippen LogP contribution in [0.2, 0.25) is 0 Å². The van der Waals surface area contributed by atoms with Gasteiger partial charge in [0.25, 0.3) is 0 Å². The Morgan fingerprint density at radius 2 is 2.43 bits per heavy atom. The van der Waals surface area contributed by atoms with Gasteiger partial charge in [-0.05, 0) is 31.2 Å². The molecule has 1 unspecified atom stereocenters. The highest BCUT2D eigenvalue weighted by Gasteiger charge is 2.22. The second kappa shape index (κ2) is 4.84. The predicted octanol–water partition coefficient (Wildman–Crippen LogP) is 2.66. The summed E-state index contributed by atoms with van der Waals surface area (Å²) in [5.41, 5.74) is 0. The van der Waals surface area contributed by atoms with Crippen LogP contribution in [-0.4, -0.2) is 28.6 Å². The summed E-state index contributed by atoms with van der Waals surface area (Å²) in [5, 5.41) is 9.39. The lowest BCUT2D eigenvalue weighted by Gasteiger charge is -2.17. The van der Waals surface area contributed by atoms with E-state index in [0.717, 1.165) is 32.4 Å². The van der Waals surface area contributed by atoms with Crippen LogP contribution >= 0.6 is 27.9 Å². The van der Waals surface area contributed by atoms with Gasteiger partial charge in [-0.15, -0.1) is 0 Å². The van der Waals surface area contributed by atoms with E-state index in [0.29, 0.717) is 0 Å². The molecule has 0 saturated carbocycles. The monoisotopic (exact) mass is 275 g/mol. The Morgan fingerprint density at radius 3 is 3.07 bits per heavy atom. The Hall–Kier alpha value is 0.230. The van der Waals surface area contributed by atoms with Crippen LogP contribution < -0.4 is 0 Å². The largest absolute Gasteiger partial charge is 0.392 e. The molecule has 1 saturated heterocycles. The number of hydrogen-bond donors (Lipinski definition) is 1. The van der Waals surface area contributed by atoms with E-state index in [9.17, 15) is 5.11 Å². The quantitative estimate of drug-likeness (QED) is 0.784. The SMILES string of the molecule is OC1CCN(SC2=C(Br)CCC=C2)C1. The lowest BCUT2D eigenvalue weighted by atomic mass is 10.2. The highest BCUT2D eigenvalue weighted by molar-refractivity contribution is 9.11. The summed E-state index contributed by atoms with van der Waals surface area (Å²) in [6.07, 6.45) is 7.39. The van der Waals surface area contributed by atoms with Crippen molar-refractivity contribution < 1.29 is 5.11 Å². The van der Waals surface area contributed by atoms with Crippen LogP contribution in [-0.2, 0) is 0 Å². The van der Waals surface area contributed by atoms with Crippen LogP contribution in [0, 0.1) is 0 Å². The molecule has 2 aliphatic rings. The Labute approximate surface area is 97.3 Å². The molecule has 0 radical (unpaired) electrons. The average molecular weight is 276 g/mol. The van der Waals surface area contributed by atoms with Crippen molar-refractivity contribution in [1.29, 1.82) is 0 Å². The van der Waals surface area contributed by atoms with Gasteiger partial charge in [0, 0.05) is 22.5 Å². The number of allylic oxidation sites excluding steroid dienone is 3. The third kappa shape index (κ3) is 2.63. The van der Waals surface area contributed by atoms with E-state index in [1.54, 1.807) is 11.9 Å². The Bertz CT molecular complexity index is 277. The molecule has 78 valence electrons. The molecule has 0 amide bonds. The van der Waals surface area contributed by atoms with Gasteiger partial charge in [-0.2, -0.15) is 0 Å². The standard InChI is InChI=1S/C10H14BrNOS/c11-9-3-1-2-4-10(9)14-12-6-5-8(13)7-12/h2,4,8,13H,1,3,5-7H2. The fourth-order valence-corrected chi connectivity index (χ4v) is 3.28. The molecule has 1 aliphatic heterocycles. The maximum atomic E-state index is 9.39. The molecule has 1 fully saturated rings. The van der Waals surface area contributed by atoms with Crippen molar-refractivity contribution in [3.05, 3.63) is 21.5 Å². The summed E-state index contributed by atoms with van der Waals surface area (Å²) >= 11 is 5.35. The first kappa shape index (κ1) is 10.7. The van der Waals surface area contributed by atoms with Crippen LogP contribution in [0.3, 0.4) is 0 Å². The number of hydrogen-bond acceptors (Lipinski definition) is 3. The van der Waals surface area contributed by atoms with Crippen molar-refractivity contribution in [3.63, 3.8) is 0 Å². The minimum Gasteiger partial charge on any atom is -0.392 e. The first-order valence-corrected chi connectivity index (χ1v) is 6.48. The number of halogens is 1. The maximum absolute atomic E-state index is 9.39. The molecule has 14 heavy (non-hydrogen) atoms. The third-order valence-corrected chi connectivity index (χ3v) is 4.68. The minimum atomic E-state index is -0.130. The first-order chi connectivity index (χ1) is 6.75. The van der Waals surface area contributed by atoms with Gasteiger partial charge in [0.15, 0.2) is 0 Å². The van der Waals surface area contributed by atoms with E-state index in [1.165, 1.54) is 9.39 Å². The van der Waals surface area contributed by atoms with Crippen molar-refractivity contribution in [3.8, 4) is 0 Å². The van der Waals surface area contributed by atoms with Crippen molar-refractivity contribution in [2.75, 3.05) is 13.1 Å². The zero-order valence-corrected chi connectivity index (χ0v) is 10.4. The van der Waals surface area contributed by atoms with Crippen molar-refractivity contribution in [2.45, 2.75) is 25.4 Å². The third-order valence-electron chi connectivity index (χ3n) is 2.42. The predicted molar refractivity (Wildman–Crippen MR) is 64.1 cm³/mol. The molecule has 2 rings (SSSR count). The van der Waals surface area contributed by atoms with Gasteiger partial charge in [-0.3, -0.25) is 0 Å². The molecule has 0 bridgehead atoms. The molecule has 1 aliphatic carbocycles. The Kier molecular flexibility index (Phi) is 3.71. The fraction of sp³-hybridized carbons (Fsp3) is 0.600. The lowest BCUT2D eigenvalue weighted by molar-refractivity contribution is 0.190. The molecule has 1 heterocycles. The molecular formula is C10H14BrNOS. The van der Waals surface area contributed by atoms with Crippen molar-refractivity contribution in [1.82, 2.24) is 4.31 Å². The van der Waals surface area contributed by atoms with Crippen molar-refractivity contribution >= 4 is 27.9 Å². The Morgan fingerprint density at radius 1 is 1.57 bits per heavy atom. The lowest BCUT2D eigenvalue weighted by Crippen LogP contribution is -2.14. The molecule has 0 aromatic rings. The van der Waals surface area contributed by atoms with Gasteiger partial charge in [0.05, 0.1) is 6.10 Å². The summed E-state index contributed by atoms with van der Waals surface area (Å²) in [5.74, 6) is 0. The summed E-state index contributed by atoms with van der Waals surface area (Å²) < 4.78 is 3.53. The number of rotatable bonds is 2. The topological polar surface area (TPSA) is 23.5 Å². The highest BCUT2D eigenvalue weighted by Crippen LogP contribution is 2.35. The van der Waals surface area contributed by atoms with Gasteiger partial charge in [-0.1, -0.05) is 28.1 Å². The van der Waals surface area contributed by atoms with E-state index < -0.39 is 0 Å². The van der Waals surface area contributed by atoms with E-state index in [4.69, 9.17) is 0 Å². The van der Waals surface area contributed by atoms with Gasteiger partial charge in [0.2, 0.25) is 0 Å². The second-order valence-corrected chi connectivity index (χ2v) is 5.73. The number of aliphatic hydroxyl groups is 1. The maximum Gasteiger partial charge on any atom is 0.0689 e. The van der Waals surface area contributed by atoms with E-state index in [2.05, 4.69) is 32.4 Å².